The molecule has 2 fully saturated rings. The van der Waals surface area contributed by atoms with Crippen LogP contribution in [0.4, 0.5) is 0 Å². The standard InChI is InChI=1S/C22H24N2O4/c1-23-18-12-24(11-17(21(23)25)13-28-14-18)22(26)16-9-7-15(8-10-16)19-5-3-4-6-20(19)27-2/h3-10,17-18H,11-14H2,1-2H3/t17-,18+/m1/s1. The third kappa shape index (κ3) is 3.36. The van der Waals surface area contributed by atoms with Gasteiger partial charge in [0.15, 0.2) is 0 Å². The van der Waals surface area contributed by atoms with Crippen LogP contribution < -0.4 is 4.74 Å². The number of fused-ring (bicyclic) bond motifs is 3. The molecule has 2 aliphatic rings. The lowest BCUT2D eigenvalue weighted by molar-refractivity contribution is -0.133. The number of hydrogen-bond acceptors (Lipinski definition) is 4. The smallest absolute Gasteiger partial charge is 0.253 e. The summed E-state index contributed by atoms with van der Waals surface area (Å²) in [6.07, 6.45) is 0. The van der Waals surface area contributed by atoms with E-state index in [1.165, 1.54) is 0 Å². The zero-order valence-corrected chi connectivity index (χ0v) is 16.1. The van der Waals surface area contributed by atoms with E-state index in [0.29, 0.717) is 31.9 Å². The summed E-state index contributed by atoms with van der Waals surface area (Å²) in [4.78, 5) is 29.1. The van der Waals surface area contributed by atoms with Crippen LogP contribution in [0.5, 0.6) is 5.75 Å². The van der Waals surface area contributed by atoms with Gasteiger partial charge in [0.05, 0.1) is 32.3 Å². The van der Waals surface area contributed by atoms with Gasteiger partial charge in [-0.05, 0) is 23.8 Å². The Bertz CT molecular complexity index is 880. The topological polar surface area (TPSA) is 59.1 Å². The van der Waals surface area contributed by atoms with Crippen LogP contribution in [-0.4, -0.2) is 68.1 Å². The molecule has 0 saturated carbocycles. The van der Waals surface area contributed by atoms with E-state index in [-0.39, 0.29) is 23.8 Å². The molecule has 2 bridgehead atoms. The second kappa shape index (κ2) is 7.64. The van der Waals surface area contributed by atoms with Crippen molar-refractivity contribution in [2.24, 2.45) is 5.92 Å². The highest BCUT2D eigenvalue weighted by molar-refractivity contribution is 5.95. The maximum absolute atomic E-state index is 13.1. The SMILES string of the molecule is COc1ccccc1-c1ccc(C(=O)N2C[C@@H]3COC[C@H](C2)N(C)C3=O)cc1. The molecule has 146 valence electrons. The first-order chi connectivity index (χ1) is 13.6. The lowest BCUT2D eigenvalue weighted by atomic mass is 10.0. The Hall–Kier alpha value is -2.86. The van der Waals surface area contributed by atoms with Gasteiger partial charge in [0.1, 0.15) is 5.75 Å². The van der Waals surface area contributed by atoms with Crippen LogP contribution in [0.2, 0.25) is 0 Å². The predicted molar refractivity (Wildman–Crippen MR) is 105 cm³/mol. The molecule has 2 aromatic rings. The fourth-order valence-corrected chi connectivity index (χ4v) is 3.92. The highest BCUT2D eigenvalue weighted by Crippen LogP contribution is 2.30. The van der Waals surface area contributed by atoms with Gasteiger partial charge in [-0.25, -0.2) is 0 Å². The number of nitrogens with zero attached hydrogens (tertiary/aromatic N) is 2. The molecule has 0 aromatic heterocycles. The average molecular weight is 380 g/mol. The van der Waals surface area contributed by atoms with Gasteiger partial charge in [0.2, 0.25) is 5.91 Å². The van der Waals surface area contributed by atoms with E-state index in [0.717, 1.165) is 16.9 Å². The summed E-state index contributed by atoms with van der Waals surface area (Å²) < 4.78 is 11.0. The van der Waals surface area contributed by atoms with Crippen molar-refractivity contribution in [3.8, 4) is 16.9 Å². The van der Waals surface area contributed by atoms with Crippen LogP contribution in [0.3, 0.4) is 0 Å². The van der Waals surface area contributed by atoms with Gasteiger partial charge < -0.3 is 19.3 Å². The summed E-state index contributed by atoms with van der Waals surface area (Å²) in [6, 6.07) is 15.2. The number of carbonyl (C=O) groups excluding carboxylic acids is 2. The summed E-state index contributed by atoms with van der Waals surface area (Å²) in [5.74, 6) is 0.508. The number of ether oxygens (including phenoxy) is 2. The van der Waals surface area contributed by atoms with Crippen molar-refractivity contribution >= 4 is 11.8 Å². The van der Waals surface area contributed by atoms with Crippen molar-refractivity contribution in [1.29, 1.82) is 0 Å². The largest absolute Gasteiger partial charge is 0.496 e. The first-order valence-corrected chi connectivity index (χ1v) is 9.45. The fraction of sp³-hybridized carbons (Fsp3) is 0.364. The second-order valence-electron chi connectivity index (χ2n) is 7.33. The number of benzene rings is 2. The highest BCUT2D eigenvalue weighted by atomic mass is 16.5. The quantitative estimate of drug-likeness (QED) is 0.820. The third-order valence-corrected chi connectivity index (χ3v) is 5.58. The van der Waals surface area contributed by atoms with Crippen LogP contribution in [-0.2, 0) is 9.53 Å². The molecule has 6 nitrogen and oxygen atoms in total. The van der Waals surface area contributed by atoms with Crippen LogP contribution in [0, 0.1) is 5.92 Å². The van der Waals surface area contributed by atoms with Crippen LogP contribution in [0.15, 0.2) is 48.5 Å². The van der Waals surface area contributed by atoms with Gasteiger partial charge in [0.25, 0.3) is 5.91 Å². The molecular formula is C22H24N2O4. The summed E-state index contributed by atoms with van der Waals surface area (Å²) in [5.41, 5.74) is 2.59. The maximum Gasteiger partial charge on any atom is 0.253 e. The van der Waals surface area contributed by atoms with Crippen molar-refractivity contribution in [2.45, 2.75) is 6.04 Å². The van der Waals surface area contributed by atoms with Crippen molar-refractivity contribution in [2.75, 3.05) is 40.5 Å². The summed E-state index contributed by atoms with van der Waals surface area (Å²) in [7, 11) is 3.44. The minimum Gasteiger partial charge on any atom is -0.496 e. The molecule has 0 unspecified atom stereocenters. The summed E-state index contributed by atoms with van der Waals surface area (Å²) >= 11 is 0. The van der Waals surface area contributed by atoms with Gasteiger partial charge in [-0.2, -0.15) is 0 Å². The maximum atomic E-state index is 13.1. The van der Waals surface area contributed by atoms with E-state index in [2.05, 4.69) is 0 Å². The van der Waals surface area contributed by atoms with Gasteiger partial charge in [0, 0.05) is 31.3 Å². The molecule has 6 heteroatoms. The first-order valence-electron chi connectivity index (χ1n) is 9.45. The molecule has 2 aliphatic heterocycles. The first kappa shape index (κ1) is 18.5. The molecule has 2 atom stereocenters. The number of methoxy groups -OCH3 is 1. The molecule has 4 rings (SSSR count). The van der Waals surface area contributed by atoms with E-state index in [1.54, 1.807) is 24.0 Å². The van der Waals surface area contributed by atoms with Crippen molar-refractivity contribution in [1.82, 2.24) is 9.80 Å². The van der Waals surface area contributed by atoms with Crippen LogP contribution in [0.1, 0.15) is 10.4 Å². The van der Waals surface area contributed by atoms with E-state index in [9.17, 15) is 9.59 Å². The van der Waals surface area contributed by atoms with Crippen LogP contribution in [0.25, 0.3) is 11.1 Å². The van der Waals surface area contributed by atoms with Crippen LogP contribution >= 0.6 is 0 Å². The number of rotatable bonds is 3. The lowest BCUT2D eigenvalue weighted by Crippen LogP contribution is -2.45. The zero-order valence-electron chi connectivity index (χ0n) is 16.1. The second-order valence-corrected chi connectivity index (χ2v) is 7.33. The Labute approximate surface area is 164 Å². The predicted octanol–water partition coefficient (Wildman–Crippen LogP) is 2.29. The Kier molecular flexibility index (Phi) is 5.05. The van der Waals surface area contributed by atoms with E-state index >= 15 is 0 Å². The summed E-state index contributed by atoms with van der Waals surface area (Å²) in [5, 5.41) is 0. The molecule has 0 N–H and O–H groups in total. The zero-order chi connectivity index (χ0) is 19.7. The molecular weight excluding hydrogens is 356 g/mol. The Morgan fingerprint density at radius 2 is 1.82 bits per heavy atom. The number of para-hydroxylation sites is 1. The summed E-state index contributed by atoms with van der Waals surface area (Å²) in [6.45, 7) is 1.73. The molecule has 2 amide bonds. The molecule has 0 spiro atoms. The average Bonchev–Trinajstić information content (AvgIpc) is 2.92. The Balaban J connectivity index is 1.56. The van der Waals surface area contributed by atoms with Crippen molar-refractivity contribution in [3.63, 3.8) is 0 Å². The number of hydrogen-bond donors (Lipinski definition) is 0. The van der Waals surface area contributed by atoms with Gasteiger partial charge in [-0.15, -0.1) is 0 Å². The van der Waals surface area contributed by atoms with E-state index in [4.69, 9.17) is 9.47 Å². The van der Waals surface area contributed by atoms with Crippen molar-refractivity contribution < 1.29 is 19.1 Å². The molecule has 0 radical (unpaired) electrons. The highest BCUT2D eigenvalue weighted by Gasteiger charge is 2.38. The number of likely N-dealkylation sites (N-methyl/N-ethyl adjacent to an activating group) is 1. The lowest BCUT2D eigenvalue weighted by Gasteiger charge is -2.29. The molecule has 0 aliphatic carbocycles. The molecule has 2 aromatic carbocycles. The number of carbonyl (C=O) groups is 2. The van der Waals surface area contributed by atoms with E-state index in [1.807, 2.05) is 48.5 Å². The molecule has 2 heterocycles. The Morgan fingerprint density at radius 3 is 2.57 bits per heavy atom. The normalized spacial score (nSPS) is 22.0. The van der Waals surface area contributed by atoms with Gasteiger partial charge in [-0.1, -0.05) is 30.3 Å². The number of amides is 2. The van der Waals surface area contributed by atoms with E-state index < -0.39 is 0 Å². The van der Waals surface area contributed by atoms with Gasteiger partial charge >= 0.3 is 0 Å². The minimum atomic E-state index is -0.297. The minimum absolute atomic E-state index is 0.0495. The molecule has 28 heavy (non-hydrogen) atoms. The van der Waals surface area contributed by atoms with Gasteiger partial charge in [-0.3, -0.25) is 9.59 Å². The molecule has 2 saturated heterocycles. The Morgan fingerprint density at radius 1 is 1.07 bits per heavy atom. The fourth-order valence-electron chi connectivity index (χ4n) is 3.92. The monoisotopic (exact) mass is 380 g/mol. The third-order valence-electron chi connectivity index (χ3n) is 5.58. The van der Waals surface area contributed by atoms with Crippen molar-refractivity contribution in [3.05, 3.63) is 54.1 Å².